The summed E-state index contributed by atoms with van der Waals surface area (Å²) in [4.78, 5) is 0.581. The smallest absolute Gasteiger partial charge is 0.182 e. The quantitative estimate of drug-likeness (QED) is 0.385. The number of fused-ring (bicyclic) bond motifs is 2. The summed E-state index contributed by atoms with van der Waals surface area (Å²) in [6.07, 6.45) is -4.37. The Kier molecular flexibility index (Phi) is 3.70. The molecular weight excluding hydrogens is 385 g/mol. The van der Waals surface area contributed by atoms with Gasteiger partial charge in [-0.3, -0.25) is 0 Å². The van der Waals surface area contributed by atoms with Crippen molar-refractivity contribution in [2.24, 2.45) is 0 Å². The van der Waals surface area contributed by atoms with E-state index in [2.05, 4.69) is 15.3 Å². The van der Waals surface area contributed by atoms with Gasteiger partial charge in [-0.15, -0.1) is 10.2 Å². The van der Waals surface area contributed by atoms with Gasteiger partial charge >= 0.3 is 6.18 Å². The fraction of sp³-hybridized carbons (Fsp3) is 0.0500. The van der Waals surface area contributed by atoms with Crippen molar-refractivity contribution in [2.45, 2.75) is 6.18 Å². The van der Waals surface area contributed by atoms with E-state index in [9.17, 15) is 13.2 Å². The summed E-state index contributed by atoms with van der Waals surface area (Å²) in [5.74, 6) is 0.409. The average molecular weight is 396 g/mol. The lowest BCUT2D eigenvalue weighted by Crippen LogP contribution is -2.04. The van der Waals surface area contributed by atoms with E-state index >= 15 is 0 Å². The first-order chi connectivity index (χ1) is 13.5. The van der Waals surface area contributed by atoms with E-state index in [1.807, 2.05) is 42.5 Å². The highest BCUT2D eigenvalue weighted by atomic mass is 32.1. The number of alkyl halides is 3. The Morgan fingerprint density at radius 3 is 2.36 bits per heavy atom. The second-order valence-electron chi connectivity index (χ2n) is 6.23. The van der Waals surface area contributed by atoms with Crippen LogP contribution in [0.15, 0.2) is 66.7 Å². The summed E-state index contributed by atoms with van der Waals surface area (Å²) in [5.41, 5.74) is 0.800. The van der Waals surface area contributed by atoms with Crippen LogP contribution in [0, 0.1) is 0 Å². The van der Waals surface area contributed by atoms with Crippen LogP contribution in [-0.4, -0.2) is 19.8 Å². The molecule has 4 nitrogen and oxygen atoms in total. The highest BCUT2D eigenvalue weighted by Crippen LogP contribution is 2.34. The van der Waals surface area contributed by atoms with E-state index in [1.165, 1.54) is 23.5 Å². The fourth-order valence-corrected chi connectivity index (χ4v) is 4.00. The Labute approximate surface area is 160 Å². The van der Waals surface area contributed by atoms with Crippen molar-refractivity contribution in [2.75, 3.05) is 0 Å². The fourth-order valence-electron chi connectivity index (χ4n) is 3.13. The molecule has 0 bridgehead atoms. The summed E-state index contributed by atoms with van der Waals surface area (Å²) in [6.45, 7) is 0. The van der Waals surface area contributed by atoms with Gasteiger partial charge < -0.3 is 0 Å². The number of hydrogen-bond donors (Lipinski definition) is 0. The third-order valence-electron chi connectivity index (χ3n) is 4.48. The van der Waals surface area contributed by atoms with Gasteiger partial charge in [0, 0.05) is 11.1 Å². The molecule has 0 aliphatic rings. The molecule has 5 rings (SSSR count). The molecule has 28 heavy (non-hydrogen) atoms. The predicted octanol–water partition coefficient (Wildman–Crippen LogP) is 5.69. The molecule has 0 aliphatic carbocycles. The summed E-state index contributed by atoms with van der Waals surface area (Å²) in [7, 11) is 0. The van der Waals surface area contributed by atoms with Gasteiger partial charge in [-0.25, -0.2) is 0 Å². The Bertz CT molecular complexity index is 1300. The lowest BCUT2D eigenvalue weighted by atomic mass is 10.1. The van der Waals surface area contributed by atoms with E-state index in [4.69, 9.17) is 0 Å². The number of hydrogen-bond acceptors (Lipinski definition) is 4. The van der Waals surface area contributed by atoms with Crippen LogP contribution in [-0.2, 0) is 6.18 Å². The Balaban J connectivity index is 1.61. The number of rotatable bonds is 2. The van der Waals surface area contributed by atoms with Crippen molar-refractivity contribution >= 4 is 27.1 Å². The lowest BCUT2D eigenvalue weighted by molar-refractivity contribution is -0.137. The summed E-state index contributed by atoms with van der Waals surface area (Å²) in [5, 5.41) is 15.8. The van der Waals surface area contributed by atoms with Gasteiger partial charge in [0.25, 0.3) is 0 Å². The van der Waals surface area contributed by atoms with Crippen molar-refractivity contribution in [3.8, 4) is 22.0 Å². The first kappa shape index (κ1) is 16.9. The molecule has 0 saturated carbocycles. The predicted molar refractivity (Wildman–Crippen MR) is 102 cm³/mol. The van der Waals surface area contributed by atoms with Gasteiger partial charge in [0.15, 0.2) is 5.82 Å². The minimum Gasteiger partial charge on any atom is -0.182 e. The molecule has 5 aromatic rings. The van der Waals surface area contributed by atoms with Crippen LogP contribution in [0.4, 0.5) is 13.2 Å². The van der Waals surface area contributed by atoms with E-state index in [-0.39, 0.29) is 0 Å². The zero-order valence-corrected chi connectivity index (χ0v) is 15.0. The van der Waals surface area contributed by atoms with Crippen LogP contribution in [0.3, 0.4) is 0 Å². The van der Waals surface area contributed by atoms with E-state index in [1.54, 1.807) is 4.52 Å². The molecule has 0 N–H and O–H groups in total. The van der Waals surface area contributed by atoms with Gasteiger partial charge in [0.2, 0.25) is 4.96 Å². The molecular formula is C20H11F3N4S. The Morgan fingerprint density at radius 1 is 0.821 bits per heavy atom. The normalized spacial score (nSPS) is 12.1. The van der Waals surface area contributed by atoms with Gasteiger partial charge in [-0.2, -0.15) is 22.8 Å². The minimum absolute atomic E-state index is 0.409. The molecule has 2 heterocycles. The van der Waals surface area contributed by atoms with Crippen LogP contribution in [0.2, 0.25) is 0 Å². The van der Waals surface area contributed by atoms with Gasteiger partial charge in [0.05, 0.1) is 5.56 Å². The number of halogens is 3. The molecule has 138 valence electrons. The molecule has 0 saturated heterocycles. The Morgan fingerprint density at radius 2 is 1.57 bits per heavy atom. The number of aromatic nitrogens is 4. The van der Waals surface area contributed by atoms with Gasteiger partial charge in [0.1, 0.15) is 5.01 Å². The summed E-state index contributed by atoms with van der Waals surface area (Å²) in [6, 6.07) is 18.9. The van der Waals surface area contributed by atoms with Crippen LogP contribution in [0.1, 0.15) is 5.56 Å². The first-order valence-electron chi connectivity index (χ1n) is 8.39. The average Bonchev–Trinajstić information content (AvgIpc) is 3.28. The van der Waals surface area contributed by atoms with Crippen LogP contribution in [0.25, 0.3) is 37.7 Å². The SMILES string of the molecule is FC(F)(F)c1ccc(-c2nnc3sc(-c4cccc5ccccc45)nn23)cc1. The third-order valence-corrected chi connectivity index (χ3v) is 5.41. The minimum atomic E-state index is -4.37. The molecule has 0 unspecified atom stereocenters. The third kappa shape index (κ3) is 2.73. The number of benzene rings is 3. The molecule has 0 atom stereocenters. The molecule has 2 aromatic heterocycles. The molecule has 8 heteroatoms. The molecule has 0 aliphatic heterocycles. The lowest BCUT2D eigenvalue weighted by Gasteiger charge is -2.06. The second kappa shape index (κ2) is 6.13. The number of nitrogens with zero attached hydrogens (tertiary/aromatic N) is 4. The van der Waals surface area contributed by atoms with Crippen molar-refractivity contribution in [3.05, 3.63) is 72.3 Å². The highest BCUT2D eigenvalue weighted by Gasteiger charge is 2.30. The van der Waals surface area contributed by atoms with Crippen molar-refractivity contribution in [1.29, 1.82) is 0 Å². The first-order valence-corrected chi connectivity index (χ1v) is 9.20. The van der Waals surface area contributed by atoms with Crippen LogP contribution in [0.5, 0.6) is 0 Å². The van der Waals surface area contributed by atoms with Crippen LogP contribution >= 0.6 is 11.3 Å². The highest BCUT2D eigenvalue weighted by molar-refractivity contribution is 7.19. The zero-order chi connectivity index (χ0) is 19.3. The van der Waals surface area contributed by atoms with E-state index in [0.717, 1.165) is 33.5 Å². The second-order valence-corrected chi connectivity index (χ2v) is 7.18. The van der Waals surface area contributed by atoms with E-state index in [0.29, 0.717) is 16.3 Å². The van der Waals surface area contributed by atoms with Crippen molar-refractivity contribution in [1.82, 2.24) is 19.8 Å². The van der Waals surface area contributed by atoms with Gasteiger partial charge in [-0.1, -0.05) is 65.9 Å². The topological polar surface area (TPSA) is 43.1 Å². The standard InChI is InChI=1S/C20H11F3N4S/c21-20(22,23)14-10-8-13(9-11-14)17-24-25-19-27(17)26-18(28-19)16-7-3-5-12-4-1-2-6-15(12)16/h1-11H. The van der Waals surface area contributed by atoms with Crippen molar-refractivity contribution in [3.63, 3.8) is 0 Å². The van der Waals surface area contributed by atoms with Crippen molar-refractivity contribution < 1.29 is 13.2 Å². The van der Waals surface area contributed by atoms with Crippen LogP contribution < -0.4 is 0 Å². The maximum absolute atomic E-state index is 12.8. The molecule has 0 spiro atoms. The van der Waals surface area contributed by atoms with Gasteiger partial charge in [-0.05, 0) is 22.9 Å². The zero-order valence-electron chi connectivity index (χ0n) is 14.2. The summed E-state index contributed by atoms with van der Waals surface area (Å²) < 4.78 is 39.9. The van der Waals surface area contributed by atoms with E-state index < -0.39 is 11.7 Å². The summed E-state index contributed by atoms with van der Waals surface area (Å²) >= 11 is 1.39. The Hall–Kier alpha value is -3.26. The molecule has 3 aromatic carbocycles. The molecule has 0 radical (unpaired) electrons. The molecule has 0 amide bonds. The monoisotopic (exact) mass is 396 g/mol. The largest absolute Gasteiger partial charge is 0.416 e. The maximum Gasteiger partial charge on any atom is 0.416 e. The maximum atomic E-state index is 12.8. The molecule has 0 fully saturated rings.